The van der Waals surface area contributed by atoms with Crippen molar-refractivity contribution >= 4 is 17.6 Å². The summed E-state index contributed by atoms with van der Waals surface area (Å²) in [5.74, 6) is 0.0559. The van der Waals surface area contributed by atoms with Gasteiger partial charge in [0.15, 0.2) is 0 Å². The number of fused-ring (bicyclic) bond motifs is 1. The molecule has 0 fully saturated rings. The summed E-state index contributed by atoms with van der Waals surface area (Å²) in [5, 5.41) is 3.05. The van der Waals surface area contributed by atoms with Gasteiger partial charge in [0, 0.05) is 6.20 Å². The first kappa shape index (κ1) is 17.1. The van der Waals surface area contributed by atoms with Gasteiger partial charge in [0.25, 0.3) is 5.91 Å². The van der Waals surface area contributed by atoms with Crippen LogP contribution in [-0.2, 0) is 16.0 Å². The lowest BCUT2D eigenvalue weighted by atomic mass is 9.90. The van der Waals surface area contributed by atoms with E-state index in [0.29, 0.717) is 5.84 Å². The van der Waals surface area contributed by atoms with E-state index in [9.17, 15) is 9.59 Å². The second-order valence-corrected chi connectivity index (χ2v) is 6.68. The SMILES string of the molecule is CCc1ccc(C(C)NC(=O)C2(C)CC(=O)N=C3C=CC=CN32)cc1. The lowest BCUT2D eigenvalue weighted by molar-refractivity contribution is -0.135. The van der Waals surface area contributed by atoms with Crippen LogP contribution in [0.1, 0.15) is 44.4 Å². The summed E-state index contributed by atoms with van der Waals surface area (Å²) in [6.07, 6.45) is 8.23. The van der Waals surface area contributed by atoms with E-state index in [-0.39, 0.29) is 24.3 Å². The van der Waals surface area contributed by atoms with Gasteiger partial charge in [0.2, 0.25) is 5.91 Å². The summed E-state index contributed by atoms with van der Waals surface area (Å²) in [5.41, 5.74) is 1.32. The van der Waals surface area contributed by atoms with Gasteiger partial charge in [-0.3, -0.25) is 9.59 Å². The van der Waals surface area contributed by atoms with E-state index < -0.39 is 5.54 Å². The lowest BCUT2D eigenvalue weighted by Crippen LogP contribution is -2.60. The topological polar surface area (TPSA) is 61.8 Å². The zero-order valence-electron chi connectivity index (χ0n) is 14.8. The number of rotatable bonds is 4. The number of allylic oxidation sites excluding steroid dienone is 2. The van der Waals surface area contributed by atoms with Crippen molar-refractivity contribution in [1.29, 1.82) is 0 Å². The Kier molecular flexibility index (Phi) is 4.57. The Balaban J connectivity index is 1.79. The molecule has 3 rings (SSSR count). The normalized spacial score (nSPS) is 23.1. The minimum absolute atomic E-state index is 0.0575. The third-order valence-corrected chi connectivity index (χ3v) is 4.83. The maximum atomic E-state index is 13.0. The molecular weight excluding hydrogens is 314 g/mol. The molecule has 2 unspecified atom stereocenters. The Hall–Kier alpha value is -2.69. The quantitative estimate of drug-likeness (QED) is 0.919. The summed E-state index contributed by atoms with van der Waals surface area (Å²) in [6.45, 7) is 5.85. The number of hydrogen-bond donors (Lipinski definition) is 1. The summed E-state index contributed by atoms with van der Waals surface area (Å²) >= 11 is 0. The molecule has 0 spiro atoms. The summed E-state index contributed by atoms with van der Waals surface area (Å²) < 4.78 is 0. The van der Waals surface area contributed by atoms with Crippen LogP contribution in [0.2, 0.25) is 0 Å². The first-order valence-corrected chi connectivity index (χ1v) is 8.59. The van der Waals surface area contributed by atoms with Gasteiger partial charge in [-0.1, -0.05) is 37.3 Å². The first-order chi connectivity index (χ1) is 11.9. The van der Waals surface area contributed by atoms with Crippen molar-refractivity contribution in [3.63, 3.8) is 0 Å². The number of nitrogens with zero attached hydrogens (tertiary/aromatic N) is 2. The van der Waals surface area contributed by atoms with Gasteiger partial charge in [0.1, 0.15) is 11.4 Å². The molecule has 2 atom stereocenters. The van der Waals surface area contributed by atoms with Gasteiger partial charge < -0.3 is 10.2 Å². The average molecular weight is 337 g/mol. The molecule has 0 saturated heterocycles. The van der Waals surface area contributed by atoms with Gasteiger partial charge in [-0.25, -0.2) is 0 Å². The molecule has 2 aliphatic heterocycles. The van der Waals surface area contributed by atoms with Crippen LogP contribution in [0.3, 0.4) is 0 Å². The van der Waals surface area contributed by atoms with Crippen molar-refractivity contribution in [3.05, 3.63) is 59.8 Å². The van der Waals surface area contributed by atoms with Crippen LogP contribution in [0.15, 0.2) is 53.7 Å². The molecule has 2 aliphatic rings. The van der Waals surface area contributed by atoms with Crippen LogP contribution in [0.5, 0.6) is 0 Å². The molecule has 5 heteroatoms. The number of aryl methyl sites for hydroxylation is 1. The maximum Gasteiger partial charge on any atom is 0.250 e. The highest BCUT2D eigenvalue weighted by Gasteiger charge is 2.45. The van der Waals surface area contributed by atoms with E-state index in [1.54, 1.807) is 24.1 Å². The van der Waals surface area contributed by atoms with Gasteiger partial charge >= 0.3 is 0 Å². The van der Waals surface area contributed by atoms with E-state index in [2.05, 4.69) is 29.4 Å². The third kappa shape index (κ3) is 3.27. The van der Waals surface area contributed by atoms with Crippen molar-refractivity contribution in [2.45, 2.75) is 45.2 Å². The molecule has 130 valence electrons. The van der Waals surface area contributed by atoms with E-state index in [1.807, 2.05) is 31.2 Å². The Bertz CT molecular complexity index is 777. The van der Waals surface area contributed by atoms with E-state index in [0.717, 1.165) is 12.0 Å². The van der Waals surface area contributed by atoms with Crippen LogP contribution in [0.25, 0.3) is 0 Å². The number of carbonyl (C=O) groups excluding carboxylic acids is 2. The average Bonchev–Trinajstić information content (AvgIpc) is 2.61. The van der Waals surface area contributed by atoms with Crippen LogP contribution >= 0.6 is 0 Å². The van der Waals surface area contributed by atoms with Crippen LogP contribution < -0.4 is 5.32 Å². The molecule has 2 heterocycles. The number of amidine groups is 1. The summed E-state index contributed by atoms with van der Waals surface area (Å²) in [7, 11) is 0. The number of amides is 2. The van der Waals surface area contributed by atoms with Crippen molar-refractivity contribution in [2.75, 3.05) is 0 Å². The fourth-order valence-electron chi connectivity index (χ4n) is 3.16. The van der Waals surface area contributed by atoms with Crippen LogP contribution in [0, 0.1) is 0 Å². The number of carbonyl (C=O) groups is 2. The molecule has 1 aromatic rings. The molecule has 0 bridgehead atoms. The van der Waals surface area contributed by atoms with Gasteiger partial charge in [-0.2, -0.15) is 4.99 Å². The Labute approximate surface area is 148 Å². The molecule has 2 amide bonds. The number of hydrogen-bond acceptors (Lipinski definition) is 3. The van der Waals surface area contributed by atoms with Gasteiger partial charge in [0.05, 0.1) is 12.5 Å². The van der Waals surface area contributed by atoms with Crippen molar-refractivity contribution in [2.24, 2.45) is 4.99 Å². The molecule has 0 saturated carbocycles. The Morgan fingerprint density at radius 3 is 2.72 bits per heavy atom. The predicted molar refractivity (Wildman–Crippen MR) is 98.0 cm³/mol. The lowest BCUT2D eigenvalue weighted by Gasteiger charge is -2.42. The molecule has 1 N–H and O–H groups in total. The summed E-state index contributed by atoms with van der Waals surface area (Å²) in [4.78, 5) is 30.8. The van der Waals surface area contributed by atoms with Crippen molar-refractivity contribution in [3.8, 4) is 0 Å². The minimum atomic E-state index is -0.979. The second kappa shape index (κ2) is 6.67. The number of nitrogens with one attached hydrogen (secondary N) is 1. The molecule has 1 aromatic carbocycles. The Morgan fingerprint density at radius 1 is 1.32 bits per heavy atom. The molecule has 25 heavy (non-hydrogen) atoms. The van der Waals surface area contributed by atoms with Gasteiger partial charge in [-0.05, 0) is 43.5 Å². The highest BCUT2D eigenvalue weighted by Crippen LogP contribution is 2.29. The molecule has 0 aromatic heterocycles. The largest absolute Gasteiger partial charge is 0.348 e. The van der Waals surface area contributed by atoms with E-state index >= 15 is 0 Å². The monoisotopic (exact) mass is 337 g/mol. The molecular formula is C20H23N3O2. The molecule has 0 aliphatic carbocycles. The highest BCUT2D eigenvalue weighted by atomic mass is 16.2. The van der Waals surface area contributed by atoms with Crippen molar-refractivity contribution < 1.29 is 9.59 Å². The fraction of sp³-hybridized carbons (Fsp3) is 0.350. The minimum Gasteiger partial charge on any atom is -0.348 e. The zero-order valence-corrected chi connectivity index (χ0v) is 14.8. The van der Waals surface area contributed by atoms with Gasteiger partial charge in [-0.15, -0.1) is 0 Å². The molecule has 5 nitrogen and oxygen atoms in total. The number of benzene rings is 1. The predicted octanol–water partition coefficient (Wildman–Crippen LogP) is 2.90. The fourth-order valence-corrected chi connectivity index (χ4v) is 3.16. The second-order valence-electron chi connectivity index (χ2n) is 6.68. The van der Waals surface area contributed by atoms with Crippen LogP contribution in [-0.4, -0.2) is 28.1 Å². The van der Waals surface area contributed by atoms with E-state index in [1.165, 1.54) is 5.56 Å². The van der Waals surface area contributed by atoms with E-state index in [4.69, 9.17) is 0 Å². The smallest absolute Gasteiger partial charge is 0.250 e. The van der Waals surface area contributed by atoms with Crippen LogP contribution in [0.4, 0.5) is 0 Å². The Morgan fingerprint density at radius 2 is 2.04 bits per heavy atom. The zero-order chi connectivity index (χ0) is 18.0. The highest BCUT2D eigenvalue weighted by molar-refractivity contribution is 6.09. The maximum absolute atomic E-state index is 13.0. The first-order valence-electron chi connectivity index (χ1n) is 8.59. The third-order valence-electron chi connectivity index (χ3n) is 4.83. The standard InChI is InChI=1S/C20H23N3O2/c1-4-15-8-10-16(11-9-15)14(2)21-19(25)20(3)13-18(24)22-17-7-5-6-12-23(17)20/h5-12,14H,4,13H2,1-3H3,(H,21,25). The number of aliphatic imine (C=N–C) groups is 1. The van der Waals surface area contributed by atoms with Crippen molar-refractivity contribution in [1.82, 2.24) is 10.2 Å². The summed E-state index contributed by atoms with van der Waals surface area (Å²) in [6, 6.07) is 8.08. The molecule has 0 radical (unpaired) electrons.